The molecule has 6 rings (SSSR count). The molecular formula is C32H33ClFN5O5. The van der Waals surface area contributed by atoms with Gasteiger partial charge in [-0.05, 0) is 68.2 Å². The van der Waals surface area contributed by atoms with Crippen molar-refractivity contribution in [1.82, 2.24) is 24.4 Å². The monoisotopic (exact) mass is 621 g/mol. The van der Waals surface area contributed by atoms with Gasteiger partial charge in [-0.2, -0.15) is 0 Å². The van der Waals surface area contributed by atoms with Gasteiger partial charge < -0.3 is 23.9 Å². The second kappa shape index (κ2) is 13.3. The predicted molar refractivity (Wildman–Crippen MR) is 162 cm³/mol. The van der Waals surface area contributed by atoms with Crippen LogP contribution >= 0.6 is 11.6 Å². The van der Waals surface area contributed by atoms with Crippen LogP contribution in [0.3, 0.4) is 0 Å². The Morgan fingerprint density at radius 3 is 2.68 bits per heavy atom. The van der Waals surface area contributed by atoms with Crippen LogP contribution in [-0.4, -0.2) is 67.4 Å². The van der Waals surface area contributed by atoms with Gasteiger partial charge >= 0.3 is 5.97 Å². The van der Waals surface area contributed by atoms with E-state index >= 15 is 0 Å². The quantitative estimate of drug-likeness (QED) is 0.216. The van der Waals surface area contributed by atoms with Gasteiger partial charge in [0.1, 0.15) is 24.1 Å². The fourth-order valence-electron chi connectivity index (χ4n) is 5.38. The number of nitrogens with zero attached hydrogens (tertiary/aromatic N) is 5. The molecule has 0 amide bonds. The molecule has 230 valence electrons. The average Bonchev–Trinajstić information content (AvgIpc) is 3.31. The highest BCUT2D eigenvalue weighted by Crippen LogP contribution is 2.26. The van der Waals surface area contributed by atoms with Crippen molar-refractivity contribution in [2.75, 3.05) is 19.7 Å². The molecule has 1 atom stereocenters. The number of carboxylic acid groups (broad SMARTS) is 1. The molecule has 5 heterocycles. The molecule has 0 aliphatic carbocycles. The SMILES string of the molecule is C/C(=C\C(=O)O)c1ccc2nc(CN3CCC(Oc4cccc(COc5ccc(Cl)cc5F)n4)CC3)n(C[C@@H]3CCO3)c2n1. The number of piperidine rings is 1. The van der Waals surface area contributed by atoms with E-state index in [1.165, 1.54) is 18.2 Å². The number of fused-ring (bicyclic) bond motifs is 1. The van der Waals surface area contributed by atoms with Gasteiger partial charge in [0.2, 0.25) is 5.88 Å². The lowest BCUT2D eigenvalue weighted by molar-refractivity contribution is -0.131. The van der Waals surface area contributed by atoms with Crippen molar-refractivity contribution in [3.8, 4) is 11.6 Å². The molecule has 10 nitrogen and oxygen atoms in total. The number of rotatable bonds is 11. The molecule has 0 unspecified atom stereocenters. The lowest BCUT2D eigenvalue weighted by atomic mass is 10.1. The lowest BCUT2D eigenvalue weighted by Crippen LogP contribution is -2.39. The number of imidazole rings is 1. The smallest absolute Gasteiger partial charge is 0.328 e. The summed E-state index contributed by atoms with van der Waals surface area (Å²) in [7, 11) is 0. The second-order valence-corrected chi connectivity index (χ2v) is 11.5. The van der Waals surface area contributed by atoms with Crippen molar-refractivity contribution >= 4 is 34.3 Å². The third-order valence-corrected chi connectivity index (χ3v) is 8.07. The van der Waals surface area contributed by atoms with Crippen LogP contribution in [0.4, 0.5) is 4.39 Å². The number of allylic oxidation sites excluding steroid dienone is 1. The maximum absolute atomic E-state index is 14.1. The minimum absolute atomic E-state index is 0.0130. The Hall–Kier alpha value is -4.06. The molecule has 0 radical (unpaired) electrons. The number of likely N-dealkylation sites (tertiary alicyclic amines) is 1. The molecule has 0 saturated carbocycles. The normalized spacial score (nSPS) is 17.9. The molecule has 0 spiro atoms. The second-order valence-electron chi connectivity index (χ2n) is 11.0. The average molecular weight is 622 g/mol. The van der Waals surface area contributed by atoms with Crippen molar-refractivity contribution in [2.24, 2.45) is 0 Å². The van der Waals surface area contributed by atoms with Crippen molar-refractivity contribution in [3.05, 3.63) is 82.7 Å². The van der Waals surface area contributed by atoms with E-state index in [0.717, 1.165) is 55.9 Å². The van der Waals surface area contributed by atoms with Crippen LogP contribution in [-0.2, 0) is 29.2 Å². The van der Waals surface area contributed by atoms with Gasteiger partial charge in [-0.1, -0.05) is 17.7 Å². The van der Waals surface area contributed by atoms with E-state index in [1.807, 2.05) is 30.3 Å². The molecule has 1 N–H and O–H groups in total. The number of carboxylic acids is 1. The highest BCUT2D eigenvalue weighted by atomic mass is 35.5. The fraction of sp³-hybridized carbons (Fsp3) is 0.375. The summed E-state index contributed by atoms with van der Waals surface area (Å²) in [6, 6.07) is 13.5. The van der Waals surface area contributed by atoms with Crippen LogP contribution in [0.1, 0.15) is 43.4 Å². The first kappa shape index (κ1) is 30.0. The van der Waals surface area contributed by atoms with Gasteiger partial charge in [-0.3, -0.25) is 4.90 Å². The molecule has 1 aromatic carbocycles. The number of hydrogen-bond donors (Lipinski definition) is 1. The van der Waals surface area contributed by atoms with E-state index in [9.17, 15) is 14.3 Å². The van der Waals surface area contributed by atoms with Crippen molar-refractivity contribution in [1.29, 1.82) is 0 Å². The van der Waals surface area contributed by atoms with Gasteiger partial charge in [-0.25, -0.2) is 24.1 Å². The molecule has 2 saturated heterocycles. The number of carbonyl (C=O) groups is 1. The lowest BCUT2D eigenvalue weighted by Gasteiger charge is -2.32. The molecule has 2 aliphatic rings. The summed E-state index contributed by atoms with van der Waals surface area (Å²) in [5, 5.41) is 9.48. The molecule has 44 heavy (non-hydrogen) atoms. The molecule has 2 fully saturated rings. The van der Waals surface area contributed by atoms with Crippen LogP contribution in [0.5, 0.6) is 11.6 Å². The van der Waals surface area contributed by atoms with Gasteiger partial charge in [0.05, 0.1) is 30.6 Å². The third-order valence-electron chi connectivity index (χ3n) is 7.83. The summed E-state index contributed by atoms with van der Waals surface area (Å²) in [5.41, 5.74) is 3.34. The van der Waals surface area contributed by atoms with Gasteiger partial charge in [0.25, 0.3) is 0 Å². The minimum atomic E-state index is -1.00. The van der Waals surface area contributed by atoms with Crippen molar-refractivity contribution in [2.45, 2.75) is 58.1 Å². The maximum Gasteiger partial charge on any atom is 0.328 e. The van der Waals surface area contributed by atoms with E-state index < -0.39 is 11.8 Å². The highest BCUT2D eigenvalue weighted by molar-refractivity contribution is 6.30. The first-order valence-corrected chi connectivity index (χ1v) is 15.0. The maximum atomic E-state index is 14.1. The Morgan fingerprint density at radius 1 is 1.14 bits per heavy atom. The van der Waals surface area contributed by atoms with E-state index in [2.05, 4.69) is 14.5 Å². The van der Waals surface area contributed by atoms with Crippen molar-refractivity contribution in [3.63, 3.8) is 0 Å². The largest absolute Gasteiger partial charge is 0.484 e. The Kier molecular flexibility index (Phi) is 9.06. The van der Waals surface area contributed by atoms with Gasteiger partial charge in [0.15, 0.2) is 17.2 Å². The fourth-order valence-corrected chi connectivity index (χ4v) is 5.53. The number of hydrogen-bond acceptors (Lipinski definition) is 8. The first-order chi connectivity index (χ1) is 21.3. The Bertz CT molecular complexity index is 1680. The van der Waals surface area contributed by atoms with Crippen LogP contribution < -0.4 is 9.47 Å². The molecule has 3 aromatic heterocycles. The number of halogens is 2. The molecule has 4 aromatic rings. The van der Waals surface area contributed by atoms with Gasteiger partial charge in [0, 0.05) is 36.9 Å². The summed E-state index contributed by atoms with van der Waals surface area (Å²) < 4.78 is 33.7. The molecule has 2 aliphatic heterocycles. The summed E-state index contributed by atoms with van der Waals surface area (Å²) in [6.45, 7) is 5.56. The van der Waals surface area contributed by atoms with Crippen LogP contribution in [0.15, 0.2) is 54.6 Å². The van der Waals surface area contributed by atoms with E-state index in [0.29, 0.717) is 41.0 Å². The molecular weight excluding hydrogens is 589 g/mol. The number of aliphatic carboxylic acids is 1. The molecule has 0 bridgehead atoms. The third kappa shape index (κ3) is 7.18. The first-order valence-electron chi connectivity index (χ1n) is 14.6. The minimum Gasteiger partial charge on any atom is -0.484 e. The zero-order chi connectivity index (χ0) is 30.6. The summed E-state index contributed by atoms with van der Waals surface area (Å²) in [5.74, 6) is 0.0122. The van der Waals surface area contributed by atoms with E-state index in [1.54, 1.807) is 13.0 Å². The van der Waals surface area contributed by atoms with Crippen LogP contribution in [0.25, 0.3) is 16.7 Å². The predicted octanol–water partition coefficient (Wildman–Crippen LogP) is 5.52. The zero-order valence-electron chi connectivity index (χ0n) is 24.3. The summed E-state index contributed by atoms with van der Waals surface area (Å²) >= 11 is 5.82. The Balaban J connectivity index is 1.08. The number of aromatic nitrogens is 4. The van der Waals surface area contributed by atoms with Crippen LogP contribution in [0, 0.1) is 5.82 Å². The van der Waals surface area contributed by atoms with Gasteiger partial charge in [-0.15, -0.1) is 0 Å². The Morgan fingerprint density at radius 2 is 1.95 bits per heavy atom. The topological polar surface area (TPSA) is 112 Å². The van der Waals surface area contributed by atoms with E-state index in [-0.39, 0.29) is 24.6 Å². The van der Waals surface area contributed by atoms with E-state index in [4.69, 9.17) is 35.8 Å². The van der Waals surface area contributed by atoms with Crippen LogP contribution in [0.2, 0.25) is 5.02 Å². The zero-order valence-corrected chi connectivity index (χ0v) is 25.0. The molecule has 12 heteroatoms. The van der Waals surface area contributed by atoms with Crippen molar-refractivity contribution < 1.29 is 28.5 Å². The number of pyridine rings is 2. The number of benzene rings is 1. The summed E-state index contributed by atoms with van der Waals surface area (Å²) in [4.78, 5) is 27.8. The summed E-state index contributed by atoms with van der Waals surface area (Å²) in [6.07, 6.45) is 3.93. The standard InChI is InChI=1S/C32H33ClFN5O5/c1-20(15-31(40)41)26-6-7-27-32(37-26)39(17-24-11-14-42-24)29(36-27)18-38-12-9-23(10-13-38)44-30-4-2-3-22(35-30)19-43-28-8-5-21(33)16-25(28)34/h2-8,15-16,23-24H,9-14,17-19H2,1H3,(H,40,41)/b20-15+/t24-/m0/s1. The Labute approximate surface area is 259 Å². The number of ether oxygens (including phenoxy) is 3. The highest BCUT2D eigenvalue weighted by Gasteiger charge is 2.26.